The molecule has 0 spiro atoms. The van der Waals surface area contributed by atoms with Crippen LogP contribution in [0, 0.1) is 11.8 Å². The first-order valence-corrected chi connectivity index (χ1v) is 10.5. The molecule has 1 aliphatic carbocycles. The Morgan fingerprint density at radius 2 is 1.69 bits per heavy atom. The highest BCUT2D eigenvalue weighted by atomic mass is 19.4. The van der Waals surface area contributed by atoms with Gasteiger partial charge in [-0.1, -0.05) is 12.2 Å². The second kappa shape index (κ2) is 8.57. The molecule has 0 bridgehead atoms. The lowest BCUT2D eigenvalue weighted by molar-refractivity contribution is -0.146. The standard InChI is InChI=1S/C22H24F3N3O4/c1-13(28-20(30)15-4-2-3-5-16(15)21(28)31)19(29)26-17-12-14(22(23,24)25)6-7-18(17)27-8-10-32-11-9-27/h2-3,6-7,12-13,15-16H,4-5,8-11H2,1H3,(H,26,29)/t13-,15?,16?/m0/s1. The highest BCUT2D eigenvalue weighted by molar-refractivity contribution is 6.10. The number of alkyl halides is 3. The zero-order valence-corrected chi connectivity index (χ0v) is 17.5. The summed E-state index contributed by atoms with van der Waals surface area (Å²) in [7, 11) is 0. The van der Waals surface area contributed by atoms with Gasteiger partial charge in [0, 0.05) is 13.1 Å². The molecule has 3 amide bonds. The molecule has 172 valence electrons. The number of imide groups is 1. The van der Waals surface area contributed by atoms with Gasteiger partial charge < -0.3 is 15.0 Å². The summed E-state index contributed by atoms with van der Waals surface area (Å²) in [5, 5.41) is 2.54. The average Bonchev–Trinajstić information content (AvgIpc) is 3.03. The van der Waals surface area contributed by atoms with Crippen LogP contribution in [0.1, 0.15) is 25.3 Å². The molecule has 2 heterocycles. The van der Waals surface area contributed by atoms with E-state index in [0.717, 1.165) is 17.0 Å². The van der Waals surface area contributed by atoms with Gasteiger partial charge in [0.1, 0.15) is 6.04 Å². The average molecular weight is 451 g/mol. The van der Waals surface area contributed by atoms with E-state index in [2.05, 4.69) is 5.32 Å². The number of ether oxygens (including phenoxy) is 1. The smallest absolute Gasteiger partial charge is 0.378 e. The predicted octanol–water partition coefficient (Wildman–Crippen LogP) is 2.82. The van der Waals surface area contributed by atoms with E-state index in [4.69, 9.17) is 4.74 Å². The highest BCUT2D eigenvalue weighted by Crippen LogP contribution is 2.38. The topological polar surface area (TPSA) is 79.0 Å². The fourth-order valence-electron chi connectivity index (χ4n) is 4.45. The van der Waals surface area contributed by atoms with Crippen LogP contribution < -0.4 is 10.2 Å². The van der Waals surface area contributed by atoms with Gasteiger partial charge in [0.25, 0.3) is 0 Å². The number of halogens is 3. The first-order valence-electron chi connectivity index (χ1n) is 10.5. The number of rotatable bonds is 4. The number of carbonyl (C=O) groups is 3. The Morgan fingerprint density at radius 1 is 1.09 bits per heavy atom. The number of allylic oxidation sites excluding steroid dienone is 2. The van der Waals surface area contributed by atoms with Crippen LogP contribution in [0.3, 0.4) is 0 Å². The number of nitrogens with zero attached hydrogens (tertiary/aromatic N) is 2. The Hall–Kier alpha value is -2.88. The molecular formula is C22H24F3N3O4. The predicted molar refractivity (Wildman–Crippen MR) is 110 cm³/mol. The zero-order valence-electron chi connectivity index (χ0n) is 17.5. The van der Waals surface area contributed by atoms with Gasteiger partial charge in [-0.05, 0) is 38.0 Å². The van der Waals surface area contributed by atoms with Gasteiger partial charge >= 0.3 is 6.18 Å². The molecule has 1 aromatic rings. The van der Waals surface area contributed by atoms with Crippen LogP contribution in [-0.2, 0) is 25.3 Å². The third-order valence-electron chi connectivity index (χ3n) is 6.24. The van der Waals surface area contributed by atoms with Crippen LogP contribution in [0.5, 0.6) is 0 Å². The number of hydrogen-bond donors (Lipinski definition) is 1. The van der Waals surface area contributed by atoms with Crippen molar-refractivity contribution in [3.8, 4) is 0 Å². The molecule has 10 heteroatoms. The monoisotopic (exact) mass is 451 g/mol. The van der Waals surface area contributed by atoms with Gasteiger partial charge in [0.15, 0.2) is 0 Å². The number of nitrogens with one attached hydrogen (secondary N) is 1. The van der Waals surface area contributed by atoms with E-state index >= 15 is 0 Å². The lowest BCUT2D eigenvalue weighted by Crippen LogP contribution is -2.46. The molecular weight excluding hydrogens is 427 g/mol. The molecule has 3 atom stereocenters. The van der Waals surface area contributed by atoms with Crippen molar-refractivity contribution in [3.05, 3.63) is 35.9 Å². The lowest BCUT2D eigenvalue weighted by Gasteiger charge is -2.31. The maximum absolute atomic E-state index is 13.3. The summed E-state index contributed by atoms with van der Waals surface area (Å²) in [6.07, 6.45) is -0.0162. The highest BCUT2D eigenvalue weighted by Gasteiger charge is 2.50. The molecule has 32 heavy (non-hydrogen) atoms. The SMILES string of the molecule is C[C@@H](C(=O)Nc1cc(C(F)(F)F)ccc1N1CCOCC1)N1C(=O)C2CC=CCC2C1=O. The van der Waals surface area contributed by atoms with Crippen molar-refractivity contribution < 1.29 is 32.3 Å². The van der Waals surface area contributed by atoms with E-state index in [1.807, 2.05) is 17.1 Å². The van der Waals surface area contributed by atoms with Gasteiger partial charge in [-0.15, -0.1) is 0 Å². The zero-order chi connectivity index (χ0) is 23.0. The minimum atomic E-state index is -4.59. The van der Waals surface area contributed by atoms with Crippen molar-refractivity contribution in [3.63, 3.8) is 0 Å². The summed E-state index contributed by atoms with van der Waals surface area (Å²) in [5.41, 5.74) is -0.488. The summed E-state index contributed by atoms with van der Waals surface area (Å²) in [4.78, 5) is 41.3. The van der Waals surface area contributed by atoms with Crippen molar-refractivity contribution >= 4 is 29.1 Å². The van der Waals surface area contributed by atoms with Crippen LogP contribution >= 0.6 is 0 Å². The number of fused-ring (bicyclic) bond motifs is 1. The number of anilines is 2. The third-order valence-corrected chi connectivity index (χ3v) is 6.24. The molecule has 2 saturated heterocycles. The number of benzene rings is 1. The van der Waals surface area contributed by atoms with Crippen LogP contribution in [-0.4, -0.2) is 55.0 Å². The minimum absolute atomic E-state index is 0.0169. The minimum Gasteiger partial charge on any atom is -0.378 e. The Labute approximate surface area is 183 Å². The summed E-state index contributed by atoms with van der Waals surface area (Å²) >= 11 is 0. The van der Waals surface area contributed by atoms with Crippen LogP contribution in [0.25, 0.3) is 0 Å². The molecule has 3 aliphatic rings. The quantitative estimate of drug-likeness (QED) is 0.563. The summed E-state index contributed by atoms with van der Waals surface area (Å²) < 4.78 is 45.2. The fourth-order valence-corrected chi connectivity index (χ4v) is 4.45. The number of likely N-dealkylation sites (tertiary alicyclic amines) is 1. The van der Waals surface area contributed by atoms with Crippen molar-refractivity contribution in [2.45, 2.75) is 32.0 Å². The van der Waals surface area contributed by atoms with E-state index in [1.54, 1.807) is 0 Å². The van der Waals surface area contributed by atoms with Crippen LogP contribution in [0.2, 0.25) is 0 Å². The van der Waals surface area contributed by atoms with Gasteiger partial charge in [-0.2, -0.15) is 13.2 Å². The Bertz CT molecular complexity index is 930. The Balaban J connectivity index is 1.58. The fraction of sp³-hybridized carbons (Fsp3) is 0.500. The van der Waals surface area contributed by atoms with Crippen molar-refractivity contribution in [2.75, 3.05) is 36.5 Å². The molecule has 0 saturated carbocycles. The van der Waals surface area contributed by atoms with Crippen molar-refractivity contribution in [2.24, 2.45) is 11.8 Å². The first-order chi connectivity index (χ1) is 15.2. The van der Waals surface area contributed by atoms with E-state index in [-0.39, 0.29) is 5.69 Å². The van der Waals surface area contributed by atoms with Gasteiger partial charge in [0.05, 0.1) is 42.0 Å². The van der Waals surface area contributed by atoms with E-state index < -0.39 is 47.3 Å². The maximum atomic E-state index is 13.3. The van der Waals surface area contributed by atoms with Gasteiger partial charge in [-0.25, -0.2) is 0 Å². The number of carbonyl (C=O) groups excluding carboxylic acids is 3. The molecule has 7 nitrogen and oxygen atoms in total. The molecule has 4 rings (SSSR count). The summed E-state index contributed by atoms with van der Waals surface area (Å²) in [6.45, 7) is 3.17. The van der Waals surface area contributed by atoms with Gasteiger partial charge in [-0.3, -0.25) is 19.3 Å². The lowest BCUT2D eigenvalue weighted by atomic mass is 9.85. The number of morpholine rings is 1. The molecule has 2 unspecified atom stereocenters. The summed E-state index contributed by atoms with van der Waals surface area (Å²) in [6, 6.07) is 2.02. The third kappa shape index (κ3) is 4.11. The number of amides is 3. The van der Waals surface area contributed by atoms with E-state index in [1.165, 1.54) is 13.0 Å². The summed E-state index contributed by atoms with van der Waals surface area (Å²) in [5.74, 6) is -2.51. The van der Waals surface area contributed by atoms with Crippen LogP contribution in [0.4, 0.5) is 24.5 Å². The van der Waals surface area contributed by atoms with Crippen molar-refractivity contribution in [1.29, 1.82) is 0 Å². The Kier molecular flexibility index (Phi) is 5.98. The van der Waals surface area contributed by atoms with E-state index in [9.17, 15) is 27.6 Å². The molecule has 1 aromatic carbocycles. The molecule has 2 fully saturated rings. The maximum Gasteiger partial charge on any atom is 0.416 e. The van der Waals surface area contributed by atoms with E-state index in [0.29, 0.717) is 44.8 Å². The molecule has 2 aliphatic heterocycles. The second-order valence-corrected chi connectivity index (χ2v) is 8.20. The van der Waals surface area contributed by atoms with Crippen LogP contribution in [0.15, 0.2) is 30.4 Å². The number of hydrogen-bond acceptors (Lipinski definition) is 5. The van der Waals surface area contributed by atoms with Gasteiger partial charge in [0.2, 0.25) is 17.7 Å². The second-order valence-electron chi connectivity index (χ2n) is 8.20. The largest absolute Gasteiger partial charge is 0.416 e. The normalized spacial score (nSPS) is 24.5. The first kappa shape index (κ1) is 22.3. The molecule has 0 radical (unpaired) electrons. The molecule has 1 N–H and O–H groups in total. The van der Waals surface area contributed by atoms with Crippen molar-refractivity contribution in [1.82, 2.24) is 4.90 Å². The Morgan fingerprint density at radius 3 is 2.25 bits per heavy atom. The molecule has 0 aromatic heterocycles.